The van der Waals surface area contributed by atoms with Crippen LogP contribution in [-0.4, -0.2) is 23.7 Å². The summed E-state index contributed by atoms with van der Waals surface area (Å²) in [5.74, 6) is 0.522. The van der Waals surface area contributed by atoms with Gasteiger partial charge in [-0.05, 0) is 12.5 Å². The SMILES string of the molecule is CC1(C)C(Nc2cccc([N+](=O)[O-])c2)C2CCOC21. The Balaban J connectivity index is 1.78. The summed E-state index contributed by atoms with van der Waals surface area (Å²) in [4.78, 5) is 10.4. The van der Waals surface area contributed by atoms with E-state index in [9.17, 15) is 10.1 Å². The number of hydrogen-bond acceptors (Lipinski definition) is 4. The number of nitrogens with one attached hydrogen (secondary N) is 1. The van der Waals surface area contributed by atoms with Gasteiger partial charge in [0, 0.05) is 41.8 Å². The van der Waals surface area contributed by atoms with E-state index in [1.54, 1.807) is 12.1 Å². The second kappa shape index (κ2) is 4.20. The van der Waals surface area contributed by atoms with Crippen LogP contribution in [0, 0.1) is 21.4 Å². The van der Waals surface area contributed by atoms with Crippen molar-refractivity contribution in [2.24, 2.45) is 11.3 Å². The van der Waals surface area contributed by atoms with Crippen LogP contribution in [0.5, 0.6) is 0 Å². The number of ether oxygens (including phenoxy) is 1. The Hall–Kier alpha value is -1.62. The molecule has 1 saturated carbocycles. The minimum absolute atomic E-state index is 0.0752. The normalized spacial score (nSPS) is 31.4. The van der Waals surface area contributed by atoms with Gasteiger partial charge in [-0.2, -0.15) is 0 Å². The van der Waals surface area contributed by atoms with Crippen molar-refractivity contribution in [1.29, 1.82) is 0 Å². The molecule has 3 unspecified atom stereocenters. The maximum absolute atomic E-state index is 10.8. The summed E-state index contributed by atoms with van der Waals surface area (Å²) < 4.78 is 5.75. The van der Waals surface area contributed by atoms with Crippen molar-refractivity contribution in [3.8, 4) is 0 Å². The van der Waals surface area contributed by atoms with E-state index in [1.165, 1.54) is 6.07 Å². The summed E-state index contributed by atoms with van der Waals surface area (Å²) in [6.07, 6.45) is 1.39. The second-order valence-corrected chi connectivity index (χ2v) is 5.99. The molecular formula is C14H18N2O3. The van der Waals surface area contributed by atoms with E-state index in [0.29, 0.717) is 18.1 Å². The van der Waals surface area contributed by atoms with Crippen LogP contribution in [0.4, 0.5) is 11.4 Å². The summed E-state index contributed by atoms with van der Waals surface area (Å²) in [6.45, 7) is 5.20. The van der Waals surface area contributed by atoms with Gasteiger partial charge in [-0.15, -0.1) is 0 Å². The Morgan fingerprint density at radius 2 is 2.26 bits per heavy atom. The Bertz CT molecular complexity index is 515. The molecule has 1 aliphatic carbocycles. The lowest BCUT2D eigenvalue weighted by molar-refractivity contribution is -0.384. The van der Waals surface area contributed by atoms with Crippen molar-refractivity contribution in [1.82, 2.24) is 0 Å². The number of benzene rings is 1. The third-order valence-electron chi connectivity index (χ3n) is 4.48. The third-order valence-corrected chi connectivity index (χ3v) is 4.48. The Kier molecular flexibility index (Phi) is 2.74. The number of nitro groups is 1. The van der Waals surface area contributed by atoms with Crippen LogP contribution in [0.1, 0.15) is 20.3 Å². The highest BCUT2D eigenvalue weighted by atomic mass is 16.6. The topological polar surface area (TPSA) is 64.4 Å². The van der Waals surface area contributed by atoms with Crippen molar-refractivity contribution in [3.63, 3.8) is 0 Å². The number of fused-ring (bicyclic) bond motifs is 1. The van der Waals surface area contributed by atoms with E-state index in [2.05, 4.69) is 19.2 Å². The molecule has 1 aromatic carbocycles. The van der Waals surface area contributed by atoms with Crippen LogP contribution in [0.25, 0.3) is 0 Å². The number of hydrogen-bond donors (Lipinski definition) is 1. The van der Waals surface area contributed by atoms with Gasteiger partial charge >= 0.3 is 0 Å². The first kappa shape index (κ1) is 12.4. The van der Waals surface area contributed by atoms with Crippen LogP contribution in [0.3, 0.4) is 0 Å². The molecule has 0 spiro atoms. The molecule has 0 radical (unpaired) electrons. The average molecular weight is 262 g/mol. The van der Waals surface area contributed by atoms with Crippen LogP contribution in [0.15, 0.2) is 24.3 Å². The monoisotopic (exact) mass is 262 g/mol. The number of nitro benzene ring substituents is 1. The molecular weight excluding hydrogens is 244 g/mol. The Morgan fingerprint density at radius 3 is 3.00 bits per heavy atom. The summed E-state index contributed by atoms with van der Waals surface area (Å²) >= 11 is 0. The van der Waals surface area contributed by atoms with Crippen LogP contribution in [-0.2, 0) is 4.74 Å². The largest absolute Gasteiger partial charge is 0.381 e. The highest BCUT2D eigenvalue weighted by Gasteiger charge is 2.59. The van der Waals surface area contributed by atoms with Crippen molar-refractivity contribution >= 4 is 11.4 Å². The third kappa shape index (κ3) is 1.89. The molecule has 0 bridgehead atoms. The maximum Gasteiger partial charge on any atom is 0.271 e. The molecule has 1 N–H and O–H groups in total. The van der Waals surface area contributed by atoms with Gasteiger partial charge in [0.2, 0.25) is 0 Å². The van der Waals surface area contributed by atoms with Crippen molar-refractivity contribution in [3.05, 3.63) is 34.4 Å². The van der Waals surface area contributed by atoms with Gasteiger partial charge in [-0.1, -0.05) is 19.9 Å². The summed E-state index contributed by atoms with van der Waals surface area (Å²) in [5, 5.41) is 14.2. The molecule has 0 amide bonds. The molecule has 5 heteroatoms. The summed E-state index contributed by atoms with van der Waals surface area (Å²) in [5.41, 5.74) is 1.02. The molecule has 0 aromatic heterocycles. The van der Waals surface area contributed by atoms with E-state index in [4.69, 9.17) is 4.74 Å². The average Bonchev–Trinajstić information content (AvgIpc) is 2.83. The zero-order valence-corrected chi connectivity index (χ0v) is 11.1. The molecule has 3 rings (SSSR count). The van der Waals surface area contributed by atoms with Crippen molar-refractivity contribution < 1.29 is 9.66 Å². The molecule has 2 aliphatic rings. The predicted molar refractivity (Wildman–Crippen MR) is 72.1 cm³/mol. The van der Waals surface area contributed by atoms with Gasteiger partial charge in [0.05, 0.1) is 11.0 Å². The molecule has 1 heterocycles. The number of non-ortho nitro benzene ring substituents is 1. The fourth-order valence-electron chi connectivity index (χ4n) is 3.51. The minimum atomic E-state index is -0.363. The molecule has 1 saturated heterocycles. The lowest BCUT2D eigenvalue weighted by Crippen LogP contribution is -2.63. The minimum Gasteiger partial charge on any atom is -0.381 e. The quantitative estimate of drug-likeness (QED) is 0.672. The van der Waals surface area contributed by atoms with Gasteiger partial charge in [0.15, 0.2) is 0 Å². The zero-order valence-electron chi connectivity index (χ0n) is 11.1. The summed E-state index contributed by atoms with van der Waals surface area (Å²) in [6, 6.07) is 7.03. The van der Waals surface area contributed by atoms with Gasteiger partial charge in [0.1, 0.15) is 0 Å². The first-order valence-corrected chi connectivity index (χ1v) is 6.63. The highest BCUT2D eigenvalue weighted by Crippen LogP contribution is 2.53. The Labute approximate surface area is 112 Å². The first-order chi connectivity index (χ1) is 9.00. The second-order valence-electron chi connectivity index (χ2n) is 5.99. The lowest BCUT2D eigenvalue weighted by atomic mass is 9.57. The van der Waals surface area contributed by atoms with Crippen LogP contribution < -0.4 is 5.32 Å². The molecule has 1 aliphatic heterocycles. The fraction of sp³-hybridized carbons (Fsp3) is 0.571. The van der Waals surface area contributed by atoms with E-state index in [0.717, 1.165) is 18.7 Å². The van der Waals surface area contributed by atoms with Gasteiger partial charge in [-0.3, -0.25) is 10.1 Å². The van der Waals surface area contributed by atoms with Gasteiger partial charge in [-0.25, -0.2) is 0 Å². The Morgan fingerprint density at radius 1 is 1.47 bits per heavy atom. The molecule has 2 fully saturated rings. The van der Waals surface area contributed by atoms with Crippen LogP contribution in [0.2, 0.25) is 0 Å². The van der Waals surface area contributed by atoms with E-state index in [-0.39, 0.29) is 16.0 Å². The molecule has 19 heavy (non-hydrogen) atoms. The predicted octanol–water partition coefficient (Wildman–Crippen LogP) is 2.82. The fourth-order valence-corrected chi connectivity index (χ4v) is 3.51. The molecule has 5 nitrogen and oxygen atoms in total. The lowest BCUT2D eigenvalue weighted by Gasteiger charge is -2.55. The van der Waals surface area contributed by atoms with Crippen LogP contribution >= 0.6 is 0 Å². The molecule has 3 atom stereocenters. The summed E-state index contributed by atoms with van der Waals surface area (Å²) in [7, 11) is 0. The van der Waals surface area contributed by atoms with Crippen molar-refractivity contribution in [2.75, 3.05) is 11.9 Å². The van der Waals surface area contributed by atoms with E-state index >= 15 is 0 Å². The molecule has 1 aromatic rings. The maximum atomic E-state index is 10.8. The van der Waals surface area contributed by atoms with Gasteiger partial charge < -0.3 is 10.1 Å². The van der Waals surface area contributed by atoms with E-state index < -0.39 is 0 Å². The standard InChI is InChI=1S/C14H18N2O3/c1-14(2)12(11-6-7-19-13(11)14)15-9-4-3-5-10(8-9)16(17)18/h3-5,8,11-13,15H,6-7H2,1-2H3. The highest BCUT2D eigenvalue weighted by molar-refractivity contribution is 5.52. The van der Waals surface area contributed by atoms with E-state index in [1.807, 2.05) is 6.07 Å². The number of nitrogens with zero attached hydrogens (tertiary/aromatic N) is 1. The van der Waals surface area contributed by atoms with Gasteiger partial charge in [0.25, 0.3) is 5.69 Å². The first-order valence-electron chi connectivity index (χ1n) is 6.63. The van der Waals surface area contributed by atoms with Crippen molar-refractivity contribution in [2.45, 2.75) is 32.4 Å². The molecule has 102 valence electrons. The smallest absolute Gasteiger partial charge is 0.271 e. The zero-order chi connectivity index (χ0) is 13.6. The number of rotatable bonds is 3. The number of anilines is 1.